The summed E-state index contributed by atoms with van der Waals surface area (Å²) in [5.41, 5.74) is 2.98. The number of pyridine rings is 1. The lowest BCUT2D eigenvalue weighted by Gasteiger charge is -2.42. The van der Waals surface area contributed by atoms with Crippen LogP contribution < -0.4 is 5.56 Å². The minimum atomic E-state index is 0.0384. The van der Waals surface area contributed by atoms with Crippen molar-refractivity contribution in [3.8, 4) is 11.4 Å². The predicted octanol–water partition coefficient (Wildman–Crippen LogP) is 2.59. The Hall–Kier alpha value is -2.05. The van der Waals surface area contributed by atoms with Gasteiger partial charge in [-0.3, -0.25) is 19.6 Å². The molecule has 0 saturated carbocycles. The fraction of sp³-hybridized carbons (Fsp3) is 0.609. The van der Waals surface area contributed by atoms with Gasteiger partial charge in [0.25, 0.3) is 5.56 Å². The van der Waals surface area contributed by atoms with Crippen molar-refractivity contribution in [1.29, 1.82) is 0 Å². The molecule has 154 valence electrons. The lowest BCUT2D eigenvalue weighted by molar-refractivity contribution is 0.111. The molecule has 1 N–H and O–H groups in total. The fourth-order valence-corrected chi connectivity index (χ4v) is 5.63. The lowest BCUT2D eigenvalue weighted by atomic mass is 9.76. The van der Waals surface area contributed by atoms with Crippen molar-refractivity contribution in [3.63, 3.8) is 0 Å². The quantitative estimate of drug-likeness (QED) is 0.868. The first-order valence-corrected chi connectivity index (χ1v) is 11.1. The van der Waals surface area contributed by atoms with Crippen molar-refractivity contribution in [2.24, 2.45) is 0 Å². The highest BCUT2D eigenvalue weighted by atomic mass is 16.1. The highest BCUT2D eigenvalue weighted by Crippen LogP contribution is 2.45. The number of nitrogens with one attached hydrogen (secondary N) is 1. The van der Waals surface area contributed by atoms with Gasteiger partial charge in [-0.1, -0.05) is 0 Å². The third-order valence-electron chi connectivity index (χ3n) is 7.50. The normalized spacial score (nSPS) is 24.4. The Morgan fingerprint density at radius 1 is 1.21 bits per heavy atom. The molecule has 2 aromatic rings. The molecule has 6 heteroatoms. The van der Waals surface area contributed by atoms with Gasteiger partial charge in [-0.25, -0.2) is 4.98 Å². The molecule has 0 radical (unpaired) electrons. The summed E-state index contributed by atoms with van der Waals surface area (Å²) in [6.07, 6.45) is 8.94. The van der Waals surface area contributed by atoms with Crippen LogP contribution >= 0.6 is 0 Å². The largest absolute Gasteiger partial charge is 0.306 e. The third-order valence-corrected chi connectivity index (χ3v) is 7.50. The first-order valence-electron chi connectivity index (χ1n) is 11.1. The first kappa shape index (κ1) is 18.9. The van der Waals surface area contributed by atoms with Crippen molar-refractivity contribution in [2.45, 2.75) is 63.5 Å². The SMILES string of the molecule is CC(C)N1CCC(N2CCC3(CCc4c3nc(-c3cccnc3)[nH]c4=O)CC2)C1. The zero-order valence-corrected chi connectivity index (χ0v) is 17.5. The minimum Gasteiger partial charge on any atom is -0.306 e. The molecule has 2 fully saturated rings. The highest BCUT2D eigenvalue weighted by molar-refractivity contribution is 5.54. The summed E-state index contributed by atoms with van der Waals surface area (Å²) in [5, 5.41) is 0. The Balaban J connectivity index is 1.37. The van der Waals surface area contributed by atoms with E-state index in [-0.39, 0.29) is 11.0 Å². The fourth-order valence-electron chi connectivity index (χ4n) is 5.63. The monoisotopic (exact) mass is 393 g/mol. The van der Waals surface area contributed by atoms with Gasteiger partial charge in [0, 0.05) is 54.1 Å². The Bertz CT molecular complexity index is 930. The Labute approximate surface area is 172 Å². The third kappa shape index (κ3) is 3.32. The molecule has 5 rings (SSSR count). The van der Waals surface area contributed by atoms with Gasteiger partial charge in [0.15, 0.2) is 0 Å². The smallest absolute Gasteiger partial charge is 0.254 e. The van der Waals surface area contributed by atoms with Crippen LogP contribution in [0.25, 0.3) is 11.4 Å². The van der Waals surface area contributed by atoms with Gasteiger partial charge in [-0.2, -0.15) is 0 Å². The highest BCUT2D eigenvalue weighted by Gasteiger charge is 2.45. The van der Waals surface area contributed by atoms with Crippen molar-refractivity contribution in [1.82, 2.24) is 24.8 Å². The summed E-state index contributed by atoms with van der Waals surface area (Å²) in [7, 11) is 0. The van der Waals surface area contributed by atoms with E-state index in [1.807, 2.05) is 12.1 Å². The molecule has 2 aliphatic heterocycles. The van der Waals surface area contributed by atoms with Crippen LogP contribution in [-0.4, -0.2) is 63.0 Å². The van der Waals surface area contributed by atoms with Crippen LogP contribution in [0.15, 0.2) is 29.3 Å². The number of nitrogens with zero attached hydrogens (tertiary/aromatic N) is 4. The Morgan fingerprint density at radius 3 is 2.72 bits per heavy atom. The number of aromatic nitrogens is 3. The van der Waals surface area contributed by atoms with Gasteiger partial charge in [0.1, 0.15) is 5.82 Å². The van der Waals surface area contributed by atoms with Crippen LogP contribution in [0.4, 0.5) is 0 Å². The number of hydrogen-bond donors (Lipinski definition) is 1. The lowest BCUT2D eigenvalue weighted by Crippen LogP contribution is -2.47. The molecule has 1 unspecified atom stereocenters. The minimum absolute atomic E-state index is 0.0384. The molecular formula is C23H31N5O. The van der Waals surface area contributed by atoms with Gasteiger partial charge in [0.2, 0.25) is 0 Å². The zero-order valence-electron chi connectivity index (χ0n) is 17.5. The number of hydrogen-bond acceptors (Lipinski definition) is 5. The van der Waals surface area contributed by atoms with E-state index in [4.69, 9.17) is 4.98 Å². The molecule has 0 bridgehead atoms. The van der Waals surface area contributed by atoms with Gasteiger partial charge in [-0.15, -0.1) is 0 Å². The molecule has 0 amide bonds. The molecular weight excluding hydrogens is 362 g/mol. The number of H-pyrrole nitrogens is 1. The van der Waals surface area contributed by atoms with E-state index in [0.717, 1.165) is 55.6 Å². The number of aromatic amines is 1. The Morgan fingerprint density at radius 2 is 2.03 bits per heavy atom. The molecule has 2 saturated heterocycles. The van der Waals surface area contributed by atoms with E-state index in [0.29, 0.717) is 17.9 Å². The molecule has 4 heterocycles. The summed E-state index contributed by atoms with van der Waals surface area (Å²) in [6, 6.07) is 5.18. The van der Waals surface area contributed by atoms with E-state index in [1.54, 1.807) is 12.4 Å². The van der Waals surface area contributed by atoms with E-state index in [1.165, 1.54) is 19.5 Å². The molecule has 3 aliphatic rings. The standard InChI is InChI=1S/C23H31N5O/c1-16(2)28-11-6-18(15-28)27-12-8-23(9-13-27)7-5-19-20(23)25-21(26-22(19)29)17-4-3-10-24-14-17/h3-4,10,14,16,18H,5-9,11-13,15H2,1-2H3,(H,25,26,29). The van der Waals surface area contributed by atoms with E-state index < -0.39 is 0 Å². The molecule has 1 aliphatic carbocycles. The molecule has 1 spiro atoms. The molecule has 1 atom stereocenters. The van der Waals surface area contributed by atoms with Crippen molar-refractivity contribution < 1.29 is 0 Å². The van der Waals surface area contributed by atoms with Crippen molar-refractivity contribution in [2.75, 3.05) is 26.2 Å². The molecule has 0 aromatic carbocycles. The molecule has 2 aromatic heterocycles. The number of piperidine rings is 1. The van der Waals surface area contributed by atoms with E-state index >= 15 is 0 Å². The summed E-state index contributed by atoms with van der Waals surface area (Å²) in [5.74, 6) is 0.661. The Kier molecular flexibility index (Phi) is 4.79. The molecule has 6 nitrogen and oxygen atoms in total. The van der Waals surface area contributed by atoms with Crippen molar-refractivity contribution >= 4 is 0 Å². The van der Waals surface area contributed by atoms with Gasteiger partial charge >= 0.3 is 0 Å². The van der Waals surface area contributed by atoms with Crippen LogP contribution in [0.2, 0.25) is 0 Å². The van der Waals surface area contributed by atoms with Gasteiger partial charge < -0.3 is 4.98 Å². The number of rotatable bonds is 3. The topological polar surface area (TPSA) is 65.1 Å². The van der Waals surface area contributed by atoms with Crippen LogP contribution in [-0.2, 0) is 11.8 Å². The number of likely N-dealkylation sites (tertiary alicyclic amines) is 2. The second-order valence-corrected chi connectivity index (χ2v) is 9.33. The zero-order chi connectivity index (χ0) is 20.0. The second kappa shape index (κ2) is 7.33. The van der Waals surface area contributed by atoms with Crippen LogP contribution in [0.5, 0.6) is 0 Å². The van der Waals surface area contributed by atoms with E-state index in [2.05, 4.69) is 33.6 Å². The van der Waals surface area contributed by atoms with E-state index in [9.17, 15) is 4.79 Å². The molecule has 29 heavy (non-hydrogen) atoms. The maximum atomic E-state index is 12.8. The maximum absolute atomic E-state index is 12.8. The average Bonchev–Trinajstić information content (AvgIpc) is 3.36. The average molecular weight is 394 g/mol. The predicted molar refractivity (Wildman–Crippen MR) is 114 cm³/mol. The first-order chi connectivity index (χ1) is 14.1. The van der Waals surface area contributed by atoms with Crippen LogP contribution in [0.1, 0.15) is 50.8 Å². The maximum Gasteiger partial charge on any atom is 0.254 e. The number of fused-ring (bicyclic) bond motifs is 2. The van der Waals surface area contributed by atoms with Crippen molar-refractivity contribution in [3.05, 3.63) is 46.1 Å². The second-order valence-electron chi connectivity index (χ2n) is 9.33. The summed E-state index contributed by atoms with van der Waals surface area (Å²) >= 11 is 0. The summed E-state index contributed by atoms with van der Waals surface area (Å²) in [4.78, 5) is 30.2. The van der Waals surface area contributed by atoms with Crippen LogP contribution in [0, 0.1) is 0 Å². The summed E-state index contributed by atoms with van der Waals surface area (Å²) < 4.78 is 0. The van der Waals surface area contributed by atoms with Crippen LogP contribution in [0.3, 0.4) is 0 Å². The summed E-state index contributed by atoms with van der Waals surface area (Å²) in [6.45, 7) is 9.25. The van der Waals surface area contributed by atoms with Gasteiger partial charge in [0.05, 0.1) is 5.69 Å². The van der Waals surface area contributed by atoms with Gasteiger partial charge in [-0.05, 0) is 71.2 Å².